The SMILES string of the molecule is O=C(COc1ccc(N2CCNCC2)cc1)NCC1CC1. The highest BCUT2D eigenvalue weighted by atomic mass is 16.5. The van der Waals surface area contributed by atoms with Crippen molar-refractivity contribution in [3.8, 4) is 5.75 Å². The summed E-state index contributed by atoms with van der Waals surface area (Å²) >= 11 is 0. The van der Waals surface area contributed by atoms with Crippen molar-refractivity contribution in [2.75, 3.05) is 44.2 Å². The highest BCUT2D eigenvalue weighted by Crippen LogP contribution is 2.27. The fraction of sp³-hybridized carbons (Fsp3) is 0.562. The van der Waals surface area contributed by atoms with Crippen molar-refractivity contribution in [1.82, 2.24) is 10.6 Å². The smallest absolute Gasteiger partial charge is 0.257 e. The summed E-state index contributed by atoms with van der Waals surface area (Å²) in [6, 6.07) is 7.99. The second kappa shape index (κ2) is 6.80. The molecule has 1 aromatic carbocycles. The van der Waals surface area contributed by atoms with E-state index in [1.807, 2.05) is 12.1 Å². The number of rotatable bonds is 6. The highest BCUT2D eigenvalue weighted by molar-refractivity contribution is 5.77. The molecular formula is C16H23N3O2. The molecule has 0 aromatic heterocycles. The Morgan fingerprint density at radius 1 is 1.24 bits per heavy atom. The van der Waals surface area contributed by atoms with Crippen molar-refractivity contribution < 1.29 is 9.53 Å². The van der Waals surface area contributed by atoms with Crippen molar-refractivity contribution in [3.05, 3.63) is 24.3 Å². The Kier molecular flexibility index (Phi) is 4.60. The van der Waals surface area contributed by atoms with Gasteiger partial charge in [0.25, 0.3) is 5.91 Å². The lowest BCUT2D eigenvalue weighted by molar-refractivity contribution is -0.123. The fourth-order valence-electron chi connectivity index (χ4n) is 2.46. The van der Waals surface area contributed by atoms with Gasteiger partial charge in [-0.2, -0.15) is 0 Å². The molecule has 0 radical (unpaired) electrons. The molecule has 1 heterocycles. The van der Waals surface area contributed by atoms with Crippen LogP contribution in [-0.4, -0.2) is 45.2 Å². The zero-order chi connectivity index (χ0) is 14.5. The molecule has 0 atom stereocenters. The van der Waals surface area contributed by atoms with E-state index in [0.717, 1.165) is 38.5 Å². The van der Waals surface area contributed by atoms with Crippen LogP contribution in [0.2, 0.25) is 0 Å². The summed E-state index contributed by atoms with van der Waals surface area (Å²) in [5.74, 6) is 1.41. The number of anilines is 1. The first-order valence-electron chi connectivity index (χ1n) is 7.76. The summed E-state index contributed by atoms with van der Waals surface area (Å²) in [5.41, 5.74) is 1.21. The number of carbonyl (C=O) groups excluding carboxylic acids is 1. The third-order valence-corrected chi connectivity index (χ3v) is 3.97. The van der Waals surface area contributed by atoms with Crippen LogP contribution >= 0.6 is 0 Å². The lowest BCUT2D eigenvalue weighted by Gasteiger charge is -2.29. The van der Waals surface area contributed by atoms with Crippen LogP contribution in [0.4, 0.5) is 5.69 Å². The monoisotopic (exact) mass is 289 g/mol. The van der Waals surface area contributed by atoms with Gasteiger partial charge in [-0.05, 0) is 43.0 Å². The van der Waals surface area contributed by atoms with Crippen LogP contribution in [0.1, 0.15) is 12.8 Å². The van der Waals surface area contributed by atoms with E-state index in [2.05, 4.69) is 27.7 Å². The first-order chi connectivity index (χ1) is 10.3. The molecule has 0 bridgehead atoms. The number of piperazine rings is 1. The maximum Gasteiger partial charge on any atom is 0.257 e. The Bertz CT molecular complexity index is 465. The topological polar surface area (TPSA) is 53.6 Å². The minimum atomic E-state index is -0.0342. The van der Waals surface area contributed by atoms with E-state index < -0.39 is 0 Å². The second-order valence-corrected chi connectivity index (χ2v) is 5.77. The number of amides is 1. The molecule has 5 nitrogen and oxygen atoms in total. The van der Waals surface area contributed by atoms with Crippen LogP contribution in [0.5, 0.6) is 5.75 Å². The van der Waals surface area contributed by atoms with Crippen LogP contribution in [0.3, 0.4) is 0 Å². The molecule has 1 amide bonds. The summed E-state index contributed by atoms with van der Waals surface area (Å²) in [5, 5.41) is 6.24. The second-order valence-electron chi connectivity index (χ2n) is 5.77. The number of ether oxygens (including phenoxy) is 1. The zero-order valence-electron chi connectivity index (χ0n) is 12.3. The minimum Gasteiger partial charge on any atom is -0.484 e. The van der Waals surface area contributed by atoms with Gasteiger partial charge in [0.15, 0.2) is 6.61 Å². The molecule has 114 valence electrons. The van der Waals surface area contributed by atoms with Gasteiger partial charge >= 0.3 is 0 Å². The molecule has 2 fully saturated rings. The fourth-order valence-corrected chi connectivity index (χ4v) is 2.46. The molecule has 0 spiro atoms. The third kappa shape index (κ3) is 4.36. The Morgan fingerprint density at radius 3 is 2.62 bits per heavy atom. The van der Waals surface area contributed by atoms with Gasteiger partial charge in [0.2, 0.25) is 0 Å². The predicted molar refractivity (Wildman–Crippen MR) is 82.8 cm³/mol. The molecule has 0 unspecified atom stereocenters. The number of benzene rings is 1. The number of nitrogens with one attached hydrogen (secondary N) is 2. The van der Waals surface area contributed by atoms with Crippen molar-refractivity contribution in [3.63, 3.8) is 0 Å². The van der Waals surface area contributed by atoms with E-state index in [0.29, 0.717) is 5.92 Å². The molecule has 21 heavy (non-hydrogen) atoms. The molecule has 1 aliphatic heterocycles. The van der Waals surface area contributed by atoms with Gasteiger partial charge < -0.3 is 20.3 Å². The number of hydrogen-bond acceptors (Lipinski definition) is 4. The molecule has 2 aliphatic rings. The maximum atomic E-state index is 11.6. The van der Waals surface area contributed by atoms with Crippen LogP contribution < -0.4 is 20.3 Å². The number of carbonyl (C=O) groups is 1. The normalized spacial score (nSPS) is 18.4. The highest BCUT2D eigenvalue weighted by Gasteiger charge is 2.21. The summed E-state index contributed by atoms with van der Waals surface area (Å²) in [6.45, 7) is 5.01. The number of nitrogens with zero attached hydrogens (tertiary/aromatic N) is 1. The van der Waals surface area contributed by atoms with Crippen molar-refractivity contribution in [1.29, 1.82) is 0 Å². The van der Waals surface area contributed by atoms with E-state index in [1.165, 1.54) is 18.5 Å². The zero-order valence-corrected chi connectivity index (χ0v) is 12.3. The van der Waals surface area contributed by atoms with Crippen molar-refractivity contribution in [2.24, 2.45) is 5.92 Å². The van der Waals surface area contributed by atoms with Crippen molar-refractivity contribution >= 4 is 11.6 Å². The number of hydrogen-bond donors (Lipinski definition) is 2. The summed E-state index contributed by atoms with van der Waals surface area (Å²) in [4.78, 5) is 14.0. The Morgan fingerprint density at radius 2 is 1.95 bits per heavy atom. The average Bonchev–Trinajstić information content (AvgIpc) is 3.37. The van der Waals surface area contributed by atoms with E-state index in [1.54, 1.807) is 0 Å². The Labute approximate surface area is 125 Å². The van der Waals surface area contributed by atoms with Crippen LogP contribution in [0, 0.1) is 5.92 Å². The van der Waals surface area contributed by atoms with Crippen LogP contribution in [0.15, 0.2) is 24.3 Å². The molecule has 2 N–H and O–H groups in total. The largest absolute Gasteiger partial charge is 0.484 e. The van der Waals surface area contributed by atoms with Crippen molar-refractivity contribution in [2.45, 2.75) is 12.8 Å². The van der Waals surface area contributed by atoms with Gasteiger partial charge in [0.1, 0.15) is 5.75 Å². The van der Waals surface area contributed by atoms with Crippen LogP contribution in [0.25, 0.3) is 0 Å². The van der Waals surface area contributed by atoms with Gasteiger partial charge in [-0.1, -0.05) is 0 Å². The van der Waals surface area contributed by atoms with E-state index in [4.69, 9.17) is 4.74 Å². The molecule has 3 rings (SSSR count). The standard InChI is InChI=1S/C16H23N3O2/c20-16(18-11-13-1-2-13)12-21-15-5-3-14(4-6-15)19-9-7-17-8-10-19/h3-6,13,17H,1-2,7-12H2,(H,18,20). The molecule has 1 aromatic rings. The summed E-state index contributed by atoms with van der Waals surface area (Å²) in [7, 11) is 0. The van der Waals surface area contributed by atoms with E-state index >= 15 is 0 Å². The molecular weight excluding hydrogens is 266 g/mol. The van der Waals surface area contributed by atoms with E-state index in [9.17, 15) is 4.79 Å². The maximum absolute atomic E-state index is 11.6. The van der Waals surface area contributed by atoms with Gasteiger partial charge in [0, 0.05) is 38.4 Å². The first kappa shape index (κ1) is 14.2. The first-order valence-corrected chi connectivity index (χ1v) is 7.76. The Hall–Kier alpha value is -1.75. The minimum absolute atomic E-state index is 0.0342. The van der Waals surface area contributed by atoms with Crippen LogP contribution in [-0.2, 0) is 4.79 Å². The van der Waals surface area contributed by atoms with Gasteiger partial charge in [0.05, 0.1) is 0 Å². The Balaban J connectivity index is 1.43. The average molecular weight is 289 g/mol. The molecule has 1 saturated heterocycles. The van der Waals surface area contributed by atoms with Gasteiger partial charge in [-0.3, -0.25) is 4.79 Å². The van der Waals surface area contributed by atoms with Gasteiger partial charge in [-0.25, -0.2) is 0 Å². The predicted octanol–water partition coefficient (Wildman–Crippen LogP) is 1.00. The quantitative estimate of drug-likeness (QED) is 0.820. The lowest BCUT2D eigenvalue weighted by atomic mass is 10.2. The molecule has 5 heteroatoms. The third-order valence-electron chi connectivity index (χ3n) is 3.97. The summed E-state index contributed by atoms with van der Waals surface area (Å²) in [6.07, 6.45) is 2.49. The molecule has 1 saturated carbocycles. The van der Waals surface area contributed by atoms with Gasteiger partial charge in [-0.15, -0.1) is 0 Å². The van der Waals surface area contributed by atoms with E-state index in [-0.39, 0.29) is 12.5 Å². The molecule has 1 aliphatic carbocycles. The summed E-state index contributed by atoms with van der Waals surface area (Å²) < 4.78 is 5.52. The lowest BCUT2D eigenvalue weighted by Crippen LogP contribution is -2.43.